The van der Waals surface area contributed by atoms with Crippen molar-refractivity contribution in [3.8, 4) is 0 Å². The lowest BCUT2D eigenvalue weighted by Crippen LogP contribution is -2.23. The molecule has 0 aromatic heterocycles. The molecular weight excluding hydrogens is 279 g/mol. The molecule has 1 heterocycles. The molecule has 0 N–H and O–H groups in total. The van der Waals surface area contributed by atoms with Gasteiger partial charge < -0.3 is 0 Å². The third kappa shape index (κ3) is 2.09. The lowest BCUT2D eigenvalue weighted by Gasteiger charge is -2.19. The van der Waals surface area contributed by atoms with Gasteiger partial charge in [-0.05, 0) is 35.7 Å². The Morgan fingerprint density at radius 2 is 1.81 bits per heavy atom. The van der Waals surface area contributed by atoms with Crippen LogP contribution in [0.15, 0.2) is 30.3 Å². The largest absolute Gasteiger partial charge is 0.275 e. The average molecular weight is 291 g/mol. The fourth-order valence-corrected chi connectivity index (χ4v) is 2.56. The minimum absolute atomic E-state index is 0.0541. The van der Waals surface area contributed by atoms with Crippen LogP contribution in [0.2, 0.25) is 0 Å². The minimum atomic E-state index is -1.35. The van der Waals surface area contributed by atoms with Crippen LogP contribution >= 0.6 is 0 Å². The zero-order chi connectivity index (χ0) is 15.1. The number of fused-ring (bicyclic) bond motifs is 1. The van der Waals surface area contributed by atoms with Crippen molar-refractivity contribution in [1.29, 1.82) is 0 Å². The maximum absolute atomic E-state index is 13.9. The van der Waals surface area contributed by atoms with Gasteiger partial charge in [-0.25, -0.2) is 13.2 Å². The Bertz CT molecular complexity index is 743. The summed E-state index contributed by atoms with van der Waals surface area (Å²) in [4.78, 5) is 13.0. The molecule has 0 bridgehead atoms. The van der Waals surface area contributed by atoms with E-state index in [4.69, 9.17) is 0 Å². The zero-order valence-electron chi connectivity index (χ0n) is 11.3. The number of carbonyl (C=O) groups excluding carboxylic acids is 1. The highest BCUT2D eigenvalue weighted by Gasteiger charge is 2.33. The van der Waals surface area contributed by atoms with Gasteiger partial charge in [0.25, 0.3) is 0 Å². The number of benzene rings is 2. The molecule has 0 unspecified atom stereocenters. The molecule has 108 valence electrons. The monoisotopic (exact) mass is 291 g/mol. The van der Waals surface area contributed by atoms with Crippen LogP contribution in [-0.2, 0) is 17.6 Å². The van der Waals surface area contributed by atoms with Crippen molar-refractivity contribution in [2.45, 2.75) is 19.8 Å². The van der Waals surface area contributed by atoms with Crippen LogP contribution in [0.25, 0.3) is 0 Å². The van der Waals surface area contributed by atoms with Gasteiger partial charge in [0.15, 0.2) is 17.5 Å². The zero-order valence-corrected chi connectivity index (χ0v) is 11.3. The number of nitrogens with zero attached hydrogens (tertiary/aromatic N) is 1. The van der Waals surface area contributed by atoms with Gasteiger partial charge in [-0.2, -0.15) is 0 Å². The van der Waals surface area contributed by atoms with Crippen LogP contribution in [0, 0.1) is 17.5 Å². The topological polar surface area (TPSA) is 20.3 Å². The minimum Gasteiger partial charge on any atom is -0.275 e. The second kappa shape index (κ2) is 4.91. The van der Waals surface area contributed by atoms with Crippen molar-refractivity contribution < 1.29 is 18.0 Å². The third-order valence-electron chi connectivity index (χ3n) is 3.63. The number of hydrogen-bond acceptors (Lipinski definition) is 1. The van der Waals surface area contributed by atoms with Crippen molar-refractivity contribution in [1.82, 2.24) is 0 Å². The Morgan fingerprint density at radius 1 is 1.10 bits per heavy atom. The Kier molecular flexibility index (Phi) is 3.20. The molecule has 1 aliphatic heterocycles. The Morgan fingerprint density at radius 3 is 2.52 bits per heavy atom. The Balaban J connectivity index is 2.18. The highest BCUT2D eigenvalue weighted by Crippen LogP contribution is 2.39. The predicted molar refractivity (Wildman–Crippen MR) is 73.0 cm³/mol. The van der Waals surface area contributed by atoms with Crippen LogP contribution in [0.5, 0.6) is 0 Å². The van der Waals surface area contributed by atoms with Crippen LogP contribution in [-0.4, -0.2) is 5.91 Å². The first-order valence-corrected chi connectivity index (χ1v) is 6.61. The number of rotatable bonds is 2. The maximum atomic E-state index is 13.9. The molecule has 0 fully saturated rings. The first-order valence-electron chi connectivity index (χ1n) is 6.61. The normalized spacial score (nSPS) is 13.7. The Labute approximate surface area is 119 Å². The molecule has 0 atom stereocenters. The molecule has 21 heavy (non-hydrogen) atoms. The lowest BCUT2D eigenvalue weighted by atomic mass is 10.1. The number of anilines is 2. The molecule has 1 amide bonds. The Hall–Kier alpha value is -2.30. The van der Waals surface area contributed by atoms with Gasteiger partial charge >= 0.3 is 0 Å². The van der Waals surface area contributed by atoms with E-state index in [9.17, 15) is 18.0 Å². The van der Waals surface area contributed by atoms with Gasteiger partial charge in [-0.15, -0.1) is 0 Å². The third-order valence-corrected chi connectivity index (χ3v) is 3.63. The lowest BCUT2D eigenvalue weighted by molar-refractivity contribution is -0.116. The molecule has 0 radical (unpaired) electrons. The van der Waals surface area contributed by atoms with E-state index >= 15 is 0 Å². The number of amides is 1. The van der Waals surface area contributed by atoms with Crippen LogP contribution in [0.1, 0.15) is 18.1 Å². The average Bonchev–Trinajstić information content (AvgIpc) is 2.79. The summed E-state index contributed by atoms with van der Waals surface area (Å²) in [7, 11) is 0. The molecule has 3 rings (SSSR count). The molecule has 2 aromatic rings. The van der Waals surface area contributed by atoms with E-state index in [1.165, 1.54) is 0 Å². The smallest absolute Gasteiger partial charge is 0.236 e. The van der Waals surface area contributed by atoms with E-state index in [0.29, 0.717) is 17.3 Å². The van der Waals surface area contributed by atoms with Crippen LogP contribution < -0.4 is 4.90 Å². The molecule has 0 saturated carbocycles. The van der Waals surface area contributed by atoms with Crippen molar-refractivity contribution in [3.63, 3.8) is 0 Å². The van der Waals surface area contributed by atoms with Crippen LogP contribution in [0.4, 0.5) is 24.5 Å². The number of halogens is 3. The van der Waals surface area contributed by atoms with E-state index in [1.807, 2.05) is 13.0 Å². The second-order valence-electron chi connectivity index (χ2n) is 4.91. The molecule has 0 saturated heterocycles. The molecule has 0 spiro atoms. The van der Waals surface area contributed by atoms with Crippen molar-refractivity contribution in [2.24, 2.45) is 0 Å². The summed E-state index contributed by atoms with van der Waals surface area (Å²) in [6.45, 7) is 1.97. The van der Waals surface area contributed by atoms with Crippen LogP contribution in [0.3, 0.4) is 0 Å². The number of carbonyl (C=O) groups is 1. The fraction of sp³-hybridized carbons (Fsp3) is 0.188. The van der Waals surface area contributed by atoms with Gasteiger partial charge in [0.1, 0.15) is 5.69 Å². The second-order valence-corrected chi connectivity index (χ2v) is 4.91. The molecule has 2 aromatic carbocycles. The van der Waals surface area contributed by atoms with Gasteiger partial charge in [-0.1, -0.05) is 19.1 Å². The summed E-state index contributed by atoms with van der Waals surface area (Å²) in [5.41, 5.74) is 1.48. The predicted octanol–water partition coefficient (Wildman–Crippen LogP) is 3.89. The summed E-state index contributed by atoms with van der Waals surface area (Å²) >= 11 is 0. The summed E-state index contributed by atoms with van der Waals surface area (Å²) in [5, 5.41) is 0. The summed E-state index contributed by atoms with van der Waals surface area (Å²) in [5.74, 6) is -3.97. The van der Waals surface area contributed by atoms with E-state index in [0.717, 1.165) is 23.0 Å². The van der Waals surface area contributed by atoms with E-state index in [2.05, 4.69) is 0 Å². The van der Waals surface area contributed by atoms with Gasteiger partial charge in [0.2, 0.25) is 5.91 Å². The first-order chi connectivity index (χ1) is 10.0. The van der Waals surface area contributed by atoms with Gasteiger partial charge in [-0.3, -0.25) is 9.69 Å². The van der Waals surface area contributed by atoms with Crippen molar-refractivity contribution in [3.05, 3.63) is 58.9 Å². The molecular formula is C16H12F3NO. The quantitative estimate of drug-likeness (QED) is 0.769. The summed E-state index contributed by atoms with van der Waals surface area (Å²) < 4.78 is 41.2. The number of hydrogen-bond donors (Lipinski definition) is 0. The first kappa shape index (κ1) is 13.7. The molecule has 5 heteroatoms. The summed E-state index contributed by atoms with van der Waals surface area (Å²) in [6, 6.07) is 6.79. The summed E-state index contributed by atoms with van der Waals surface area (Å²) in [6.07, 6.45) is 0.850. The highest BCUT2D eigenvalue weighted by molar-refractivity contribution is 6.07. The van der Waals surface area contributed by atoms with Crippen molar-refractivity contribution in [2.75, 3.05) is 4.90 Å². The van der Waals surface area contributed by atoms with Gasteiger partial charge in [0, 0.05) is 0 Å². The van der Waals surface area contributed by atoms with E-state index in [-0.39, 0.29) is 6.42 Å². The van der Waals surface area contributed by atoms with Gasteiger partial charge in [0.05, 0.1) is 12.1 Å². The highest BCUT2D eigenvalue weighted by atomic mass is 19.2. The van der Waals surface area contributed by atoms with E-state index in [1.54, 1.807) is 12.1 Å². The van der Waals surface area contributed by atoms with E-state index < -0.39 is 29.0 Å². The molecule has 2 nitrogen and oxygen atoms in total. The number of aryl methyl sites for hydroxylation is 1. The van der Waals surface area contributed by atoms with Crippen molar-refractivity contribution >= 4 is 17.3 Å². The molecule has 1 aliphatic rings. The standard InChI is InChI=1S/C16H12F3NO/c1-2-9-3-6-13-10(7-9)8-14(21)20(13)16-12(18)5-4-11(17)15(16)19/h3-7H,2,8H2,1H3. The fourth-order valence-electron chi connectivity index (χ4n) is 2.56. The maximum Gasteiger partial charge on any atom is 0.236 e. The SMILES string of the molecule is CCc1ccc2c(c1)CC(=O)N2c1c(F)ccc(F)c1F. The molecule has 0 aliphatic carbocycles.